The van der Waals surface area contributed by atoms with Crippen molar-refractivity contribution < 1.29 is 9.13 Å². The van der Waals surface area contributed by atoms with Crippen LogP contribution >= 0.6 is 0 Å². The van der Waals surface area contributed by atoms with E-state index in [1.165, 1.54) is 0 Å². The van der Waals surface area contributed by atoms with Gasteiger partial charge in [-0.25, -0.2) is 4.39 Å². The first-order valence-electron chi connectivity index (χ1n) is 6.34. The smallest absolute Gasteiger partial charge is 0.188 e. The molecule has 18 heavy (non-hydrogen) atoms. The molecule has 98 valence electrons. The molecule has 1 N–H and O–H groups in total. The van der Waals surface area contributed by atoms with Crippen molar-refractivity contribution in [2.45, 2.75) is 32.6 Å². The molecule has 0 aliphatic heterocycles. The Labute approximate surface area is 109 Å². The van der Waals surface area contributed by atoms with Crippen molar-refractivity contribution in [3.63, 3.8) is 0 Å². The van der Waals surface area contributed by atoms with Gasteiger partial charge in [0.05, 0.1) is 12.3 Å². The van der Waals surface area contributed by atoms with Crippen molar-refractivity contribution in [2.75, 3.05) is 19.0 Å². The van der Waals surface area contributed by atoms with Crippen LogP contribution in [-0.4, -0.2) is 13.7 Å². The Hall–Kier alpha value is -1.69. The average Bonchev–Trinajstić information content (AvgIpc) is 2.39. The summed E-state index contributed by atoms with van der Waals surface area (Å²) < 4.78 is 19.2. The summed E-state index contributed by atoms with van der Waals surface area (Å²) in [7, 11) is 1.69. The van der Waals surface area contributed by atoms with Crippen LogP contribution in [-0.2, 0) is 0 Å². The molecule has 0 fully saturated rings. The molecular weight excluding hydrogens is 229 g/mol. The third-order valence-electron chi connectivity index (χ3n) is 2.49. The van der Waals surface area contributed by atoms with E-state index in [2.05, 4.69) is 17.2 Å². The van der Waals surface area contributed by atoms with Crippen molar-refractivity contribution in [1.29, 1.82) is 0 Å². The molecule has 1 aromatic rings. The van der Waals surface area contributed by atoms with Gasteiger partial charge in [-0.3, -0.25) is 0 Å². The fourth-order valence-corrected chi connectivity index (χ4v) is 1.53. The minimum atomic E-state index is -0.328. The summed E-state index contributed by atoms with van der Waals surface area (Å²) in [4.78, 5) is 0. The van der Waals surface area contributed by atoms with Crippen molar-refractivity contribution in [1.82, 2.24) is 0 Å². The Balaban J connectivity index is 2.31. The molecule has 0 heterocycles. The van der Waals surface area contributed by atoms with Crippen molar-refractivity contribution in [2.24, 2.45) is 0 Å². The van der Waals surface area contributed by atoms with Gasteiger partial charge in [-0.2, -0.15) is 0 Å². The Morgan fingerprint density at radius 1 is 1.28 bits per heavy atom. The summed E-state index contributed by atoms with van der Waals surface area (Å²) >= 11 is 0. The van der Waals surface area contributed by atoms with Crippen molar-refractivity contribution in [3.8, 4) is 17.6 Å². The highest BCUT2D eigenvalue weighted by molar-refractivity contribution is 5.49. The lowest BCUT2D eigenvalue weighted by Gasteiger charge is -2.09. The van der Waals surface area contributed by atoms with Gasteiger partial charge in [-0.05, 0) is 25.0 Å². The van der Waals surface area contributed by atoms with Crippen LogP contribution in [0.2, 0.25) is 0 Å². The summed E-state index contributed by atoms with van der Waals surface area (Å²) in [6.07, 6.45) is 3.66. The molecule has 1 aromatic carbocycles. The van der Waals surface area contributed by atoms with Gasteiger partial charge in [-0.1, -0.05) is 13.0 Å². The van der Waals surface area contributed by atoms with E-state index in [0.717, 1.165) is 25.7 Å². The van der Waals surface area contributed by atoms with Crippen LogP contribution in [0.5, 0.6) is 5.75 Å². The van der Waals surface area contributed by atoms with Gasteiger partial charge in [0.2, 0.25) is 0 Å². The molecule has 0 bridgehead atoms. The van der Waals surface area contributed by atoms with E-state index < -0.39 is 0 Å². The van der Waals surface area contributed by atoms with Gasteiger partial charge in [0.1, 0.15) is 0 Å². The molecular formula is C15H20FNO. The maximum absolute atomic E-state index is 13.7. The minimum Gasteiger partial charge on any atom is -0.490 e. The van der Waals surface area contributed by atoms with Crippen LogP contribution in [0, 0.1) is 17.7 Å². The number of anilines is 1. The van der Waals surface area contributed by atoms with Gasteiger partial charge < -0.3 is 10.1 Å². The largest absolute Gasteiger partial charge is 0.490 e. The molecule has 0 radical (unpaired) electrons. The zero-order chi connectivity index (χ0) is 13.2. The van der Waals surface area contributed by atoms with Crippen molar-refractivity contribution in [3.05, 3.63) is 24.0 Å². The molecule has 0 saturated heterocycles. The van der Waals surface area contributed by atoms with E-state index in [0.29, 0.717) is 18.0 Å². The molecule has 3 heteroatoms. The van der Waals surface area contributed by atoms with Crippen LogP contribution in [0.1, 0.15) is 32.6 Å². The third kappa shape index (κ3) is 4.67. The van der Waals surface area contributed by atoms with E-state index >= 15 is 0 Å². The number of benzene rings is 1. The monoisotopic (exact) mass is 249 g/mol. The van der Waals surface area contributed by atoms with E-state index in [1.807, 2.05) is 6.92 Å². The molecule has 0 unspecified atom stereocenters. The minimum absolute atomic E-state index is 0.307. The molecule has 0 saturated carbocycles. The Morgan fingerprint density at radius 3 is 2.83 bits per heavy atom. The maximum atomic E-state index is 13.7. The first kappa shape index (κ1) is 14.4. The quantitative estimate of drug-likeness (QED) is 0.611. The second-order valence-corrected chi connectivity index (χ2v) is 3.88. The lowest BCUT2D eigenvalue weighted by atomic mass is 10.2. The predicted molar refractivity (Wildman–Crippen MR) is 73.4 cm³/mol. The van der Waals surface area contributed by atoms with Crippen LogP contribution in [0.15, 0.2) is 18.2 Å². The van der Waals surface area contributed by atoms with E-state index in [4.69, 9.17) is 4.74 Å². The number of ether oxygens (including phenoxy) is 1. The first-order chi connectivity index (χ1) is 8.79. The zero-order valence-electron chi connectivity index (χ0n) is 11.1. The molecule has 0 spiro atoms. The normalized spacial score (nSPS) is 9.50. The van der Waals surface area contributed by atoms with Gasteiger partial charge >= 0.3 is 0 Å². The summed E-state index contributed by atoms with van der Waals surface area (Å²) in [5.74, 6) is 6.07. The maximum Gasteiger partial charge on any atom is 0.188 e. The highest BCUT2D eigenvalue weighted by Crippen LogP contribution is 2.24. The first-order valence-corrected chi connectivity index (χ1v) is 6.34. The van der Waals surface area contributed by atoms with Gasteiger partial charge in [0.15, 0.2) is 11.6 Å². The molecule has 0 amide bonds. The molecule has 0 aliphatic rings. The number of nitrogens with one attached hydrogen (secondary N) is 1. The van der Waals surface area contributed by atoms with Gasteiger partial charge in [-0.15, -0.1) is 11.8 Å². The summed E-state index contributed by atoms with van der Waals surface area (Å²) in [6, 6.07) is 5.10. The van der Waals surface area contributed by atoms with Gasteiger partial charge in [0.25, 0.3) is 0 Å². The van der Waals surface area contributed by atoms with Crippen LogP contribution in [0.4, 0.5) is 10.1 Å². The van der Waals surface area contributed by atoms with E-state index in [-0.39, 0.29) is 5.82 Å². The van der Waals surface area contributed by atoms with Crippen LogP contribution < -0.4 is 10.1 Å². The number of unbranched alkanes of at least 4 members (excludes halogenated alkanes) is 2. The van der Waals surface area contributed by atoms with Crippen molar-refractivity contribution >= 4 is 5.69 Å². The number of hydrogen-bond donors (Lipinski definition) is 1. The van der Waals surface area contributed by atoms with E-state index in [9.17, 15) is 4.39 Å². The highest BCUT2D eigenvalue weighted by atomic mass is 19.1. The molecule has 2 nitrogen and oxygen atoms in total. The Bertz CT molecular complexity index is 420. The summed E-state index contributed by atoms with van der Waals surface area (Å²) in [5.41, 5.74) is 0.460. The number of halogens is 1. The fraction of sp³-hybridized carbons (Fsp3) is 0.467. The summed E-state index contributed by atoms with van der Waals surface area (Å²) in [5, 5.41) is 2.79. The molecule has 1 rings (SSSR count). The lowest BCUT2D eigenvalue weighted by molar-refractivity contribution is 0.293. The molecule has 0 atom stereocenters. The average molecular weight is 249 g/mol. The Kier molecular flexibility index (Phi) is 6.71. The van der Waals surface area contributed by atoms with Crippen LogP contribution in [0.3, 0.4) is 0 Å². The SMILES string of the molecule is CCC#CCCCCOc1cccc(NC)c1F. The topological polar surface area (TPSA) is 21.3 Å². The van der Waals surface area contributed by atoms with Crippen LogP contribution in [0.25, 0.3) is 0 Å². The standard InChI is InChI=1S/C15H20FNO/c1-3-4-5-6-7-8-12-18-14-11-9-10-13(17-2)15(14)16/h9-11,17H,3,6-8,12H2,1-2H3. The fourth-order valence-electron chi connectivity index (χ4n) is 1.53. The second-order valence-electron chi connectivity index (χ2n) is 3.88. The second kappa shape index (κ2) is 8.41. The number of rotatable bonds is 6. The van der Waals surface area contributed by atoms with E-state index in [1.54, 1.807) is 25.2 Å². The third-order valence-corrected chi connectivity index (χ3v) is 2.49. The molecule has 0 aliphatic carbocycles. The zero-order valence-corrected chi connectivity index (χ0v) is 11.1. The van der Waals surface area contributed by atoms with Gasteiger partial charge in [0, 0.05) is 19.9 Å². The number of hydrogen-bond acceptors (Lipinski definition) is 2. The molecule has 0 aromatic heterocycles. The summed E-state index contributed by atoms with van der Waals surface area (Å²) in [6.45, 7) is 2.56. The lowest BCUT2D eigenvalue weighted by Crippen LogP contribution is -2.01. The predicted octanol–water partition coefficient (Wildman–Crippen LogP) is 3.83. The highest BCUT2D eigenvalue weighted by Gasteiger charge is 2.07. The Morgan fingerprint density at radius 2 is 2.11 bits per heavy atom.